The van der Waals surface area contributed by atoms with E-state index >= 15 is 0 Å². The normalized spacial score (nSPS) is 12.5. The van der Waals surface area contributed by atoms with Crippen molar-refractivity contribution >= 4 is 0 Å². The van der Waals surface area contributed by atoms with Crippen LogP contribution >= 0.6 is 0 Å². The molecule has 0 aliphatic carbocycles. The van der Waals surface area contributed by atoms with Gasteiger partial charge in [-0.1, -0.05) is 13.8 Å². The first kappa shape index (κ1) is 9.96. The SMILES string of the molecule is CCOc1ccc(C(C)CC)nn1. The Hall–Kier alpha value is -1.12. The molecule has 1 rings (SSSR count). The third kappa shape index (κ3) is 2.68. The van der Waals surface area contributed by atoms with Gasteiger partial charge in [-0.25, -0.2) is 0 Å². The second-order valence-corrected chi connectivity index (χ2v) is 3.04. The monoisotopic (exact) mass is 180 g/mol. The Morgan fingerprint density at radius 1 is 1.31 bits per heavy atom. The molecule has 0 aliphatic heterocycles. The minimum Gasteiger partial charge on any atom is -0.477 e. The lowest BCUT2D eigenvalue weighted by Gasteiger charge is -2.07. The Morgan fingerprint density at radius 2 is 2.08 bits per heavy atom. The van der Waals surface area contributed by atoms with Gasteiger partial charge in [0.15, 0.2) is 0 Å². The summed E-state index contributed by atoms with van der Waals surface area (Å²) in [6, 6.07) is 3.85. The van der Waals surface area contributed by atoms with Crippen LogP contribution in [0.25, 0.3) is 0 Å². The standard InChI is InChI=1S/C10H16N2O/c1-4-8(3)9-6-7-10(12-11-9)13-5-2/h6-8H,4-5H2,1-3H3. The van der Waals surface area contributed by atoms with E-state index in [1.54, 1.807) is 0 Å². The molecule has 0 fully saturated rings. The third-order valence-corrected chi connectivity index (χ3v) is 2.07. The summed E-state index contributed by atoms with van der Waals surface area (Å²) >= 11 is 0. The van der Waals surface area contributed by atoms with E-state index in [0.29, 0.717) is 18.4 Å². The van der Waals surface area contributed by atoms with Crippen LogP contribution in [0, 0.1) is 0 Å². The van der Waals surface area contributed by atoms with Gasteiger partial charge in [-0.2, -0.15) is 5.10 Å². The van der Waals surface area contributed by atoms with E-state index in [0.717, 1.165) is 12.1 Å². The summed E-state index contributed by atoms with van der Waals surface area (Å²) in [6.45, 7) is 6.86. The molecule has 0 amide bonds. The second kappa shape index (κ2) is 4.80. The largest absolute Gasteiger partial charge is 0.477 e. The summed E-state index contributed by atoms with van der Waals surface area (Å²) in [5.41, 5.74) is 1.03. The molecule has 1 aromatic rings. The van der Waals surface area contributed by atoms with Crippen LogP contribution in [0.1, 0.15) is 38.8 Å². The lowest BCUT2D eigenvalue weighted by Crippen LogP contribution is -2.00. The predicted octanol–water partition coefficient (Wildman–Crippen LogP) is 2.39. The zero-order chi connectivity index (χ0) is 9.68. The highest BCUT2D eigenvalue weighted by Gasteiger charge is 2.04. The Morgan fingerprint density at radius 3 is 2.54 bits per heavy atom. The van der Waals surface area contributed by atoms with Crippen LogP contribution < -0.4 is 4.74 Å². The molecule has 0 radical (unpaired) electrons. The average Bonchev–Trinajstić information content (AvgIpc) is 2.18. The molecular formula is C10H16N2O. The van der Waals surface area contributed by atoms with E-state index in [2.05, 4.69) is 24.0 Å². The van der Waals surface area contributed by atoms with Crippen molar-refractivity contribution in [3.05, 3.63) is 17.8 Å². The number of rotatable bonds is 4. The van der Waals surface area contributed by atoms with Crippen molar-refractivity contribution in [2.45, 2.75) is 33.1 Å². The summed E-state index contributed by atoms with van der Waals surface area (Å²) < 4.78 is 5.20. The highest BCUT2D eigenvalue weighted by atomic mass is 16.5. The van der Waals surface area contributed by atoms with Crippen LogP contribution in [0.2, 0.25) is 0 Å². The number of hydrogen-bond donors (Lipinski definition) is 0. The van der Waals surface area contributed by atoms with Crippen molar-refractivity contribution in [3.63, 3.8) is 0 Å². The van der Waals surface area contributed by atoms with Crippen LogP contribution in [0.5, 0.6) is 5.88 Å². The molecular weight excluding hydrogens is 164 g/mol. The van der Waals surface area contributed by atoms with Crippen molar-refractivity contribution in [3.8, 4) is 5.88 Å². The number of hydrogen-bond acceptors (Lipinski definition) is 3. The van der Waals surface area contributed by atoms with Gasteiger partial charge in [0.2, 0.25) is 5.88 Å². The van der Waals surface area contributed by atoms with Gasteiger partial charge in [0.05, 0.1) is 12.3 Å². The van der Waals surface area contributed by atoms with Crippen LogP contribution in [0.4, 0.5) is 0 Å². The molecule has 0 saturated carbocycles. The van der Waals surface area contributed by atoms with Crippen molar-refractivity contribution in [1.29, 1.82) is 0 Å². The van der Waals surface area contributed by atoms with Crippen LogP contribution in [0.3, 0.4) is 0 Å². The minimum absolute atomic E-state index is 0.475. The van der Waals surface area contributed by atoms with E-state index in [4.69, 9.17) is 4.74 Å². The third-order valence-electron chi connectivity index (χ3n) is 2.07. The van der Waals surface area contributed by atoms with Crippen molar-refractivity contribution in [1.82, 2.24) is 10.2 Å². The zero-order valence-corrected chi connectivity index (χ0v) is 8.45. The zero-order valence-electron chi connectivity index (χ0n) is 8.45. The van der Waals surface area contributed by atoms with Gasteiger partial charge in [-0.15, -0.1) is 5.10 Å². The first-order chi connectivity index (χ1) is 6.27. The fourth-order valence-corrected chi connectivity index (χ4v) is 1.03. The van der Waals surface area contributed by atoms with E-state index < -0.39 is 0 Å². The van der Waals surface area contributed by atoms with E-state index in [1.807, 2.05) is 19.1 Å². The van der Waals surface area contributed by atoms with Crippen molar-refractivity contribution in [2.24, 2.45) is 0 Å². The fourth-order valence-electron chi connectivity index (χ4n) is 1.03. The second-order valence-electron chi connectivity index (χ2n) is 3.04. The Bertz CT molecular complexity index is 246. The molecule has 1 atom stereocenters. The molecule has 1 aromatic heterocycles. The van der Waals surface area contributed by atoms with Gasteiger partial charge >= 0.3 is 0 Å². The fraction of sp³-hybridized carbons (Fsp3) is 0.600. The van der Waals surface area contributed by atoms with Gasteiger partial charge in [0.1, 0.15) is 0 Å². The Labute approximate surface area is 79.1 Å². The predicted molar refractivity (Wildman–Crippen MR) is 51.9 cm³/mol. The smallest absolute Gasteiger partial charge is 0.233 e. The minimum atomic E-state index is 0.475. The van der Waals surface area contributed by atoms with Gasteiger partial charge in [0.25, 0.3) is 0 Å². The van der Waals surface area contributed by atoms with Gasteiger partial charge in [-0.05, 0) is 25.3 Å². The Balaban J connectivity index is 2.69. The quantitative estimate of drug-likeness (QED) is 0.713. The maximum atomic E-state index is 5.20. The summed E-state index contributed by atoms with van der Waals surface area (Å²) in [4.78, 5) is 0. The molecule has 0 aromatic carbocycles. The molecule has 3 nitrogen and oxygen atoms in total. The van der Waals surface area contributed by atoms with Crippen molar-refractivity contribution < 1.29 is 4.74 Å². The van der Waals surface area contributed by atoms with Gasteiger partial charge in [-0.3, -0.25) is 0 Å². The molecule has 1 heterocycles. The molecule has 0 N–H and O–H groups in total. The first-order valence-corrected chi connectivity index (χ1v) is 4.74. The highest BCUT2D eigenvalue weighted by molar-refractivity contribution is 5.13. The topological polar surface area (TPSA) is 35.0 Å². The molecule has 13 heavy (non-hydrogen) atoms. The maximum Gasteiger partial charge on any atom is 0.233 e. The molecule has 72 valence electrons. The summed E-state index contributed by atoms with van der Waals surface area (Å²) in [5, 5.41) is 8.06. The highest BCUT2D eigenvalue weighted by Crippen LogP contribution is 2.16. The summed E-state index contributed by atoms with van der Waals surface area (Å²) in [5.74, 6) is 1.08. The molecule has 3 heteroatoms. The molecule has 0 spiro atoms. The van der Waals surface area contributed by atoms with Gasteiger partial charge in [0, 0.05) is 6.07 Å². The van der Waals surface area contributed by atoms with E-state index in [1.165, 1.54) is 0 Å². The number of nitrogens with zero attached hydrogens (tertiary/aromatic N) is 2. The first-order valence-electron chi connectivity index (χ1n) is 4.74. The lowest BCUT2D eigenvalue weighted by molar-refractivity contribution is 0.322. The molecule has 0 saturated heterocycles. The van der Waals surface area contributed by atoms with Crippen LogP contribution in [-0.2, 0) is 0 Å². The van der Waals surface area contributed by atoms with Gasteiger partial charge < -0.3 is 4.74 Å². The van der Waals surface area contributed by atoms with Crippen molar-refractivity contribution in [2.75, 3.05) is 6.61 Å². The van der Waals surface area contributed by atoms with Crippen LogP contribution in [-0.4, -0.2) is 16.8 Å². The summed E-state index contributed by atoms with van der Waals surface area (Å²) in [7, 11) is 0. The maximum absolute atomic E-state index is 5.20. The van der Waals surface area contributed by atoms with E-state index in [9.17, 15) is 0 Å². The summed E-state index contributed by atoms with van der Waals surface area (Å²) in [6.07, 6.45) is 1.09. The molecule has 0 aliphatic rings. The molecule has 1 unspecified atom stereocenters. The number of aromatic nitrogens is 2. The lowest BCUT2D eigenvalue weighted by atomic mass is 10.1. The number of ether oxygens (including phenoxy) is 1. The average molecular weight is 180 g/mol. The van der Waals surface area contributed by atoms with E-state index in [-0.39, 0.29) is 0 Å². The Kier molecular flexibility index (Phi) is 3.68. The molecule has 0 bridgehead atoms. The van der Waals surface area contributed by atoms with Crippen LogP contribution in [0.15, 0.2) is 12.1 Å².